The Kier molecular flexibility index (Phi) is 3.16. The van der Waals surface area contributed by atoms with Crippen molar-refractivity contribution < 1.29 is 18.0 Å². The maximum absolute atomic E-state index is 12.8. The summed E-state index contributed by atoms with van der Waals surface area (Å²) in [6, 6.07) is 4.49. The van der Waals surface area contributed by atoms with Crippen LogP contribution in [0.5, 0.6) is 0 Å². The van der Waals surface area contributed by atoms with E-state index < -0.39 is 17.6 Å². The van der Waals surface area contributed by atoms with Gasteiger partial charge in [0.2, 0.25) is 0 Å². The number of carbonyl (C=O) groups excluding carboxylic acids is 1. The van der Waals surface area contributed by atoms with Gasteiger partial charge in [-0.15, -0.1) is 0 Å². The van der Waals surface area contributed by atoms with Gasteiger partial charge >= 0.3 is 6.18 Å². The predicted molar refractivity (Wildman–Crippen MR) is 62.4 cm³/mol. The van der Waals surface area contributed by atoms with Crippen molar-refractivity contribution in [3.8, 4) is 0 Å². The summed E-state index contributed by atoms with van der Waals surface area (Å²) >= 11 is 0. The highest BCUT2D eigenvalue weighted by Crippen LogP contribution is 2.36. The van der Waals surface area contributed by atoms with E-state index in [-0.39, 0.29) is 17.1 Å². The van der Waals surface area contributed by atoms with Gasteiger partial charge in [-0.05, 0) is 24.3 Å². The Labute approximate surface area is 105 Å². The third-order valence-corrected chi connectivity index (χ3v) is 2.34. The number of hydrogen-bond donors (Lipinski definition) is 3. The summed E-state index contributed by atoms with van der Waals surface area (Å²) in [5.41, 5.74) is 3.99. The smallest absolute Gasteiger partial charge is 0.399 e. The quantitative estimate of drug-likeness (QED) is 0.732. The molecule has 0 radical (unpaired) electrons. The fraction of sp³-hybridized carbons (Fsp3) is 0.0909. The van der Waals surface area contributed by atoms with Gasteiger partial charge in [-0.25, -0.2) is 0 Å². The summed E-state index contributed by atoms with van der Waals surface area (Å²) in [6.45, 7) is 0. The Morgan fingerprint density at radius 2 is 2.05 bits per heavy atom. The maximum Gasteiger partial charge on any atom is 0.418 e. The number of benzene rings is 1. The molecule has 5 nitrogen and oxygen atoms in total. The lowest BCUT2D eigenvalue weighted by atomic mass is 10.1. The van der Waals surface area contributed by atoms with Crippen molar-refractivity contribution in [1.82, 2.24) is 10.2 Å². The number of aromatic amines is 1. The van der Waals surface area contributed by atoms with Gasteiger partial charge in [-0.2, -0.15) is 18.3 Å². The molecule has 1 aromatic carbocycles. The van der Waals surface area contributed by atoms with Crippen LogP contribution >= 0.6 is 0 Å². The van der Waals surface area contributed by atoms with E-state index in [9.17, 15) is 18.0 Å². The van der Waals surface area contributed by atoms with E-state index in [0.29, 0.717) is 0 Å². The van der Waals surface area contributed by atoms with Crippen molar-refractivity contribution in [2.45, 2.75) is 6.18 Å². The first-order valence-corrected chi connectivity index (χ1v) is 5.15. The number of anilines is 2. The van der Waals surface area contributed by atoms with Crippen molar-refractivity contribution in [1.29, 1.82) is 0 Å². The molecule has 0 aliphatic rings. The Bertz CT molecular complexity index is 592. The molecule has 0 aliphatic heterocycles. The zero-order chi connectivity index (χ0) is 14.0. The predicted octanol–water partition coefficient (Wildman–Crippen LogP) is 2.26. The number of hydrogen-bond acceptors (Lipinski definition) is 3. The molecule has 19 heavy (non-hydrogen) atoms. The molecular weight excluding hydrogens is 261 g/mol. The van der Waals surface area contributed by atoms with Crippen LogP contribution in [0.3, 0.4) is 0 Å². The van der Waals surface area contributed by atoms with Gasteiger partial charge in [0.25, 0.3) is 5.91 Å². The average Bonchev–Trinajstić information content (AvgIpc) is 2.83. The standard InChI is InChI=1S/C11H9F3N4O/c12-11(13,14)7-5-6(15)1-2-8(7)17-10(19)9-3-4-16-18-9/h1-5H,15H2,(H,16,18)(H,17,19). The lowest BCUT2D eigenvalue weighted by molar-refractivity contribution is -0.136. The fourth-order valence-corrected chi connectivity index (χ4v) is 1.48. The number of amides is 1. The number of halogens is 3. The summed E-state index contributed by atoms with van der Waals surface area (Å²) < 4.78 is 38.4. The van der Waals surface area contributed by atoms with E-state index in [4.69, 9.17) is 5.73 Å². The zero-order valence-electron chi connectivity index (χ0n) is 9.45. The maximum atomic E-state index is 12.8. The van der Waals surface area contributed by atoms with Crippen molar-refractivity contribution in [3.05, 3.63) is 41.7 Å². The van der Waals surface area contributed by atoms with E-state index in [2.05, 4.69) is 15.5 Å². The van der Waals surface area contributed by atoms with Crippen molar-refractivity contribution >= 4 is 17.3 Å². The molecule has 1 heterocycles. The van der Waals surface area contributed by atoms with Gasteiger partial charge in [-0.1, -0.05) is 0 Å². The minimum Gasteiger partial charge on any atom is -0.399 e. The van der Waals surface area contributed by atoms with Crippen molar-refractivity contribution in [3.63, 3.8) is 0 Å². The summed E-state index contributed by atoms with van der Waals surface area (Å²) in [6.07, 6.45) is -3.28. The van der Waals surface area contributed by atoms with Gasteiger partial charge in [0.1, 0.15) is 5.69 Å². The van der Waals surface area contributed by atoms with Crippen LogP contribution in [0, 0.1) is 0 Å². The first-order chi connectivity index (χ1) is 8.88. The Hall–Kier alpha value is -2.51. The Morgan fingerprint density at radius 1 is 1.32 bits per heavy atom. The zero-order valence-corrected chi connectivity index (χ0v) is 9.45. The van der Waals surface area contributed by atoms with Gasteiger partial charge < -0.3 is 11.1 Å². The number of H-pyrrole nitrogens is 1. The van der Waals surface area contributed by atoms with Crippen molar-refractivity contribution in [2.75, 3.05) is 11.1 Å². The van der Waals surface area contributed by atoms with Gasteiger partial charge in [-0.3, -0.25) is 9.89 Å². The van der Waals surface area contributed by atoms with Crippen LogP contribution in [0.4, 0.5) is 24.5 Å². The SMILES string of the molecule is Nc1ccc(NC(=O)c2ccn[nH]2)c(C(F)(F)F)c1. The molecule has 0 fully saturated rings. The molecule has 2 rings (SSSR count). The Morgan fingerprint density at radius 3 is 2.63 bits per heavy atom. The molecule has 0 spiro atoms. The highest BCUT2D eigenvalue weighted by molar-refractivity contribution is 6.03. The molecule has 0 saturated heterocycles. The first kappa shape index (κ1) is 12.9. The van der Waals surface area contributed by atoms with Gasteiger partial charge in [0, 0.05) is 11.9 Å². The van der Waals surface area contributed by atoms with Crippen molar-refractivity contribution in [2.24, 2.45) is 0 Å². The molecule has 0 aliphatic carbocycles. The lowest BCUT2D eigenvalue weighted by Crippen LogP contribution is -2.17. The summed E-state index contributed by atoms with van der Waals surface area (Å²) in [5, 5.41) is 8.06. The van der Waals surface area contributed by atoms with E-state index in [0.717, 1.165) is 12.1 Å². The largest absolute Gasteiger partial charge is 0.418 e. The average molecular weight is 270 g/mol. The minimum atomic E-state index is -4.61. The number of nitrogens with two attached hydrogens (primary N) is 1. The van der Waals surface area contributed by atoms with Crippen LogP contribution < -0.4 is 11.1 Å². The Balaban J connectivity index is 2.33. The topological polar surface area (TPSA) is 83.8 Å². The highest BCUT2D eigenvalue weighted by atomic mass is 19.4. The minimum absolute atomic E-state index is 0.0353. The second-order valence-corrected chi connectivity index (χ2v) is 3.73. The van der Waals surface area contributed by atoms with Gasteiger partial charge in [0.05, 0.1) is 11.3 Å². The van der Waals surface area contributed by atoms with Crippen LogP contribution in [0.25, 0.3) is 0 Å². The number of nitrogens with zero attached hydrogens (tertiary/aromatic N) is 1. The number of rotatable bonds is 2. The first-order valence-electron chi connectivity index (χ1n) is 5.15. The number of alkyl halides is 3. The van der Waals surface area contributed by atoms with E-state index in [1.165, 1.54) is 18.3 Å². The molecule has 0 bridgehead atoms. The fourth-order valence-electron chi connectivity index (χ4n) is 1.48. The van der Waals surface area contributed by atoms with Crippen LogP contribution in [0.2, 0.25) is 0 Å². The molecule has 0 unspecified atom stereocenters. The number of carbonyl (C=O) groups is 1. The molecule has 100 valence electrons. The van der Waals surface area contributed by atoms with Crippen LogP contribution in [-0.4, -0.2) is 16.1 Å². The molecule has 0 atom stereocenters. The normalized spacial score (nSPS) is 11.3. The van der Waals surface area contributed by atoms with Crippen LogP contribution in [-0.2, 0) is 6.18 Å². The number of aromatic nitrogens is 2. The van der Waals surface area contributed by atoms with E-state index >= 15 is 0 Å². The molecule has 4 N–H and O–H groups in total. The molecular formula is C11H9F3N4O. The highest BCUT2D eigenvalue weighted by Gasteiger charge is 2.34. The van der Waals surface area contributed by atoms with E-state index in [1.807, 2.05) is 0 Å². The monoisotopic (exact) mass is 270 g/mol. The number of nitrogen functional groups attached to an aromatic ring is 1. The molecule has 0 saturated carbocycles. The summed E-state index contributed by atoms with van der Waals surface area (Å²) in [4.78, 5) is 11.7. The third kappa shape index (κ3) is 2.84. The number of nitrogens with one attached hydrogen (secondary N) is 2. The molecule has 1 aromatic heterocycles. The molecule has 2 aromatic rings. The van der Waals surface area contributed by atoms with Gasteiger partial charge in [0.15, 0.2) is 0 Å². The lowest BCUT2D eigenvalue weighted by Gasteiger charge is -2.14. The second-order valence-electron chi connectivity index (χ2n) is 3.73. The summed E-state index contributed by atoms with van der Waals surface area (Å²) in [7, 11) is 0. The summed E-state index contributed by atoms with van der Waals surface area (Å²) in [5.74, 6) is -0.715. The van der Waals surface area contributed by atoms with E-state index in [1.54, 1.807) is 0 Å². The molecule has 8 heteroatoms. The van der Waals surface area contributed by atoms with Crippen LogP contribution in [0.15, 0.2) is 30.5 Å². The molecule has 1 amide bonds. The van der Waals surface area contributed by atoms with Crippen LogP contribution in [0.1, 0.15) is 16.1 Å². The second kappa shape index (κ2) is 4.63. The third-order valence-electron chi connectivity index (χ3n) is 2.34.